The first-order valence-electron chi connectivity index (χ1n) is 6.82. The minimum atomic E-state index is -0.445. The first-order chi connectivity index (χ1) is 11.1. The summed E-state index contributed by atoms with van der Waals surface area (Å²) in [7, 11) is 0. The average Bonchev–Trinajstić information content (AvgIpc) is 2.88. The second-order valence-corrected chi connectivity index (χ2v) is 6.02. The van der Waals surface area contributed by atoms with E-state index in [-0.39, 0.29) is 16.8 Å². The van der Waals surface area contributed by atoms with Gasteiger partial charge in [0.1, 0.15) is 0 Å². The van der Waals surface area contributed by atoms with Gasteiger partial charge in [0.15, 0.2) is 11.0 Å². The van der Waals surface area contributed by atoms with Gasteiger partial charge in [0.05, 0.1) is 10.2 Å². The van der Waals surface area contributed by atoms with Crippen LogP contribution in [0, 0.1) is 10.1 Å². The molecule has 1 atom stereocenters. The molecule has 0 saturated carbocycles. The second-order valence-electron chi connectivity index (χ2n) is 4.83. The molecule has 1 aromatic carbocycles. The monoisotopic (exact) mass is 328 g/mol. The minimum Gasteiger partial charge on any atom is -0.304 e. The third-order valence-corrected chi connectivity index (χ3v) is 4.27. The molecule has 0 bridgehead atoms. The van der Waals surface area contributed by atoms with Crippen LogP contribution in [0.5, 0.6) is 0 Å². The Hall–Kier alpha value is -2.74. The van der Waals surface area contributed by atoms with Crippen LogP contribution in [-0.4, -0.2) is 26.2 Å². The fourth-order valence-electron chi connectivity index (χ4n) is 2.13. The summed E-state index contributed by atoms with van der Waals surface area (Å²) in [4.78, 5) is 30.7. The molecular weight excluding hydrogens is 316 g/mol. The van der Waals surface area contributed by atoms with Crippen molar-refractivity contribution >= 4 is 34.3 Å². The number of pyridine rings is 1. The number of nitrogens with zero attached hydrogens (tertiary/aromatic N) is 3. The van der Waals surface area contributed by atoms with Gasteiger partial charge in [-0.1, -0.05) is 30.0 Å². The Morgan fingerprint density at radius 2 is 2.17 bits per heavy atom. The molecule has 0 radical (unpaired) electrons. The van der Waals surface area contributed by atoms with Gasteiger partial charge in [-0.25, -0.2) is 9.98 Å². The summed E-state index contributed by atoms with van der Waals surface area (Å²) >= 11 is 1.30. The molecule has 1 fully saturated rings. The Morgan fingerprint density at radius 3 is 2.91 bits per heavy atom. The highest BCUT2D eigenvalue weighted by molar-refractivity contribution is 8.15. The topological polar surface area (TPSA) is 97.5 Å². The van der Waals surface area contributed by atoms with E-state index in [1.54, 1.807) is 30.5 Å². The number of carbonyl (C=O) groups excluding carboxylic acids is 1. The number of nitrogens with one attached hydrogen (secondary N) is 1. The van der Waals surface area contributed by atoms with E-state index < -0.39 is 4.92 Å². The van der Waals surface area contributed by atoms with Crippen molar-refractivity contribution in [2.45, 2.75) is 11.7 Å². The van der Waals surface area contributed by atoms with Crippen LogP contribution in [0.2, 0.25) is 0 Å². The predicted octanol–water partition coefficient (Wildman–Crippen LogP) is 2.45. The fraction of sp³-hybridized carbons (Fsp3) is 0.133. The lowest BCUT2D eigenvalue weighted by atomic mass is 10.1. The minimum absolute atomic E-state index is 0.0216. The van der Waals surface area contributed by atoms with Gasteiger partial charge in [-0.15, -0.1) is 0 Å². The van der Waals surface area contributed by atoms with Gasteiger partial charge in [-0.05, 0) is 24.1 Å². The number of nitro benzene ring substituents is 1. The van der Waals surface area contributed by atoms with E-state index >= 15 is 0 Å². The number of amides is 1. The number of amidine groups is 1. The predicted molar refractivity (Wildman–Crippen MR) is 87.7 cm³/mol. The summed E-state index contributed by atoms with van der Waals surface area (Å²) in [6.07, 6.45) is 2.03. The third-order valence-electron chi connectivity index (χ3n) is 3.18. The molecule has 1 aliphatic heterocycles. The van der Waals surface area contributed by atoms with Crippen LogP contribution in [0.1, 0.15) is 5.56 Å². The maximum Gasteiger partial charge on any atom is 0.269 e. The van der Waals surface area contributed by atoms with Gasteiger partial charge in [0, 0.05) is 18.3 Å². The Morgan fingerprint density at radius 1 is 1.30 bits per heavy atom. The standard InChI is InChI=1S/C15H12N4O3S/c20-14-12(9-10-4-3-5-11(8-10)19(21)22)23-15(18-14)17-13-6-1-2-7-16-13/h1-8,12H,9H2,(H,16,17,18,20)/t12-/m1/s1. The molecule has 2 heterocycles. The van der Waals surface area contributed by atoms with Gasteiger partial charge < -0.3 is 5.32 Å². The van der Waals surface area contributed by atoms with E-state index in [4.69, 9.17) is 0 Å². The van der Waals surface area contributed by atoms with Crippen molar-refractivity contribution in [1.29, 1.82) is 0 Å². The fourth-order valence-corrected chi connectivity index (χ4v) is 3.14. The zero-order chi connectivity index (χ0) is 16.2. The lowest BCUT2D eigenvalue weighted by Gasteiger charge is -2.05. The van der Waals surface area contributed by atoms with E-state index in [1.165, 1.54) is 23.9 Å². The first kappa shape index (κ1) is 15.2. The molecule has 1 saturated heterocycles. The van der Waals surface area contributed by atoms with E-state index in [1.807, 2.05) is 6.07 Å². The molecule has 8 heteroatoms. The van der Waals surface area contributed by atoms with Crippen LogP contribution in [0.15, 0.2) is 53.7 Å². The van der Waals surface area contributed by atoms with Gasteiger partial charge in [-0.2, -0.15) is 0 Å². The highest BCUT2D eigenvalue weighted by atomic mass is 32.2. The quantitative estimate of drug-likeness (QED) is 0.687. The molecular formula is C15H12N4O3S. The molecule has 2 aromatic rings. The number of rotatable bonds is 4. The molecule has 0 spiro atoms. The summed E-state index contributed by atoms with van der Waals surface area (Å²) in [5.41, 5.74) is 0.763. The third kappa shape index (κ3) is 3.72. The highest BCUT2D eigenvalue weighted by Crippen LogP contribution is 2.26. The Labute approximate surface area is 136 Å². The lowest BCUT2D eigenvalue weighted by molar-refractivity contribution is -0.384. The van der Waals surface area contributed by atoms with Crippen molar-refractivity contribution in [2.75, 3.05) is 0 Å². The summed E-state index contributed by atoms with van der Waals surface area (Å²) in [5, 5.41) is 13.6. The summed E-state index contributed by atoms with van der Waals surface area (Å²) in [6.45, 7) is 0. The van der Waals surface area contributed by atoms with E-state index in [0.717, 1.165) is 5.56 Å². The number of non-ortho nitro benzene ring substituents is 1. The molecule has 23 heavy (non-hydrogen) atoms. The lowest BCUT2D eigenvalue weighted by Crippen LogP contribution is -2.26. The second kappa shape index (κ2) is 6.57. The highest BCUT2D eigenvalue weighted by Gasteiger charge is 2.30. The number of thioether (sulfide) groups is 1. The average molecular weight is 328 g/mol. The van der Waals surface area contributed by atoms with Crippen LogP contribution in [0.4, 0.5) is 11.5 Å². The van der Waals surface area contributed by atoms with Crippen LogP contribution < -0.4 is 5.32 Å². The number of hydrogen-bond donors (Lipinski definition) is 1. The van der Waals surface area contributed by atoms with Crippen molar-refractivity contribution in [2.24, 2.45) is 4.99 Å². The van der Waals surface area contributed by atoms with E-state index in [2.05, 4.69) is 15.3 Å². The maximum atomic E-state index is 12.0. The molecule has 7 nitrogen and oxygen atoms in total. The van der Waals surface area contributed by atoms with Crippen molar-refractivity contribution in [1.82, 2.24) is 10.3 Å². The van der Waals surface area contributed by atoms with Crippen LogP contribution in [0.3, 0.4) is 0 Å². The maximum absolute atomic E-state index is 12.0. The Kier molecular flexibility index (Phi) is 4.33. The van der Waals surface area contributed by atoms with Crippen LogP contribution in [0.25, 0.3) is 0 Å². The normalized spacial score (nSPS) is 18.9. The zero-order valence-electron chi connectivity index (χ0n) is 11.9. The van der Waals surface area contributed by atoms with Gasteiger partial charge in [-0.3, -0.25) is 14.9 Å². The van der Waals surface area contributed by atoms with Crippen molar-refractivity contribution in [3.05, 3.63) is 64.3 Å². The van der Waals surface area contributed by atoms with Gasteiger partial charge >= 0.3 is 0 Å². The van der Waals surface area contributed by atoms with Crippen LogP contribution >= 0.6 is 11.8 Å². The van der Waals surface area contributed by atoms with Crippen LogP contribution in [-0.2, 0) is 11.2 Å². The van der Waals surface area contributed by atoms with Crippen molar-refractivity contribution in [3.8, 4) is 0 Å². The molecule has 1 aliphatic rings. The van der Waals surface area contributed by atoms with Gasteiger partial charge in [0.2, 0.25) is 5.91 Å². The van der Waals surface area contributed by atoms with E-state index in [9.17, 15) is 14.9 Å². The summed E-state index contributed by atoms with van der Waals surface area (Å²) in [5.74, 6) is 0.363. The SMILES string of the molecule is O=C1N/C(=N\c2ccccn2)S[C@@H]1Cc1cccc([N+](=O)[O-])c1. The Bertz CT molecular complexity index is 779. The molecule has 0 aliphatic carbocycles. The number of nitro groups is 1. The van der Waals surface area contributed by atoms with E-state index in [0.29, 0.717) is 17.4 Å². The number of benzene rings is 1. The molecule has 1 amide bonds. The van der Waals surface area contributed by atoms with Gasteiger partial charge in [0.25, 0.3) is 5.69 Å². The van der Waals surface area contributed by atoms with Crippen molar-refractivity contribution in [3.63, 3.8) is 0 Å². The molecule has 3 rings (SSSR count). The molecule has 0 unspecified atom stereocenters. The Balaban J connectivity index is 1.72. The number of aromatic nitrogens is 1. The molecule has 1 aromatic heterocycles. The zero-order valence-corrected chi connectivity index (χ0v) is 12.7. The van der Waals surface area contributed by atoms with Crippen molar-refractivity contribution < 1.29 is 9.72 Å². The largest absolute Gasteiger partial charge is 0.304 e. The molecule has 1 N–H and O–H groups in total. The first-order valence-corrected chi connectivity index (χ1v) is 7.70. The summed E-state index contributed by atoms with van der Waals surface area (Å²) in [6, 6.07) is 11.7. The summed E-state index contributed by atoms with van der Waals surface area (Å²) < 4.78 is 0. The number of hydrogen-bond acceptors (Lipinski definition) is 6. The molecule has 116 valence electrons. The number of aliphatic imine (C=N–C) groups is 1. The number of carbonyl (C=O) groups is 1. The smallest absolute Gasteiger partial charge is 0.269 e.